The third-order valence-electron chi connectivity index (χ3n) is 6.14. The van der Waals surface area contributed by atoms with E-state index in [0.717, 1.165) is 37.7 Å². The lowest BCUT2D eigenvalue weighted by Crippen LogP contribution is -2.53. The van der Waals surface area contributed by atoms with E-state index in [9.17, 15) is 9.59 Å². The van der Waals surface area contributed by atoms with Gasteiger partial charge in [0, 0.05) is 32.3 Å². The summed E-state index contributed by atoms with van der Waals surface area (Å²) in [5, 5.41) is 3.11. The number of nitrogens with one attached hydrogen (secondary N) is 1. The highest BCUT2D eigenvalue weighted by molar-refractivity contribution is 5.85. The Morgan fingerprint density at radius 2 is 1.76 bits per heavy atom. The number of carbonyl (C=O) groups excluding carboxylic acids is 2. The van der Waals surface area contributed by atoms with Crippen molar-refractivity contribution in [3.05, 3.63) is 35.9 Å². The number of ether oxygens (including phenoxy) is 1. The fraction of sp³-hybridized carbons (Fsp3) is 0.636. The van der Waals surface area contributed by atoms with Crippen LogP contribution < -0.4 is 11.1 Å². The number of nitrogens with zero attached hydrogens (tertiary/aromatic N) is 1. The second-order valence-electron chi connectivity index (χ2n) is 7.96. The van der Waals surface area contributed by atoms with E-state index >= 15 is 0 Å². The number of hydrogen-bond acceptors (Lipinski definition) is 4. The van der Waals surface area contributed by atoms with Crippen molar-refractivity contribution in [2.24, 2.45) is 11.7 Å². The molecule has 0 bridgehead atoms. The van der Waals surface area contributed by atoms with E-state index in [0.29, 0.717) is 26.3 Å². The topological polar surface area (TPSA) is 84.7 Å². The Hall–Kier alpha value is -1.63. The van der Waals surface area contributed by atoms with E-state index in [1.807, 2.05) is 35.2 Å². The highest BCUT2D eigenvalue weighted by atomic mass is 35.5. The van der Waals surface area contributed by atoms with E-state index in [4.69, 9.17) is 10.5 Å². The molecule has 0 aliphatic carbocycles. The third-order valence-corrected chi connectivity index (χ3v) is 6.14. The molecular weight excluding hydrogens is 390 g/mol. The number of rotatable bonds is 6. The molecule has 2 aliphatic rings. The van der Waals surface area contributed by atoms with Crippen LogP contribution in [-0.2, 0) is 14.3 Å². The summed E-state index contributed by atoms with van der Waals surface area (Å²) in [7, 11) is 0. The average molecular weight is 424 g/mol. The summed E-state index contributed by atoms with van der Waals surface area (Å²) in [5.41, 5.74) is 7.25. The van der Waals surface area contributed by atoms with E-state index < -0.39 is 6.04 Å². The summed E-state index contributed by atoms with van der Waals surface area (Å²) < 4.78 is 5.35. The fourth-order valence-corrected chi connectivity index (χ4v) is 4.29. The van der Waals surface area contributed by atoms with Crippen LogP contribution in [0.3, 0.4) is 0 Å². The van der Waals surface area contributed by atoms with Gasteiger partial charge in [-0.05, 0) is 43.6 Å². The van der Waals surface area contributed by atoms with E-state index in [1.165, 1.54) is 0 Å². The lowest BCUT2D eigenvalue weighted by molar-refractivity contribution is -0.134. The highest BCUT2D eigenvalue weighted by Gasteiger charge is 2.31. The molecule has 3 rings (SSSR count). The van der Waals surface area contributed by atoms with Crippen molar-refractivity contribution in [3.63, 3.8) is 0 Å². The van der Waals surface area contributed by atoms with Crippen LogP contribution in [0.25, 0.3) is 0 Å². The quantitative estimate of drug-likeness (QED) is 0.736. The van der Waals surface area contributed by atoms with Crippen molar-refractivity contribution in [1.82, 2.24) is 10.2 Å². The lowest BCUT2D eigenvalue weighted by Gasteiger charge is -2.35. The Kier molecular flexibility index (Phi) is 9.40. The van der Waals surface area contributed by atoms with Gasteiger partial charge in [-0.3, -0.25) is 9.59 Å². The standard InChI is InChI=1S/C22H33N3O3.ClH/c1-2-19(16-6-4-3-5-7-16)22(27)25-12-8-18(9-13-25)24-21(26)20(23)17-10-14-28-15-11-17;/h3-7,17-20H,2,8-15,23H2,1H3,(H,24,26);1H. The van der Waals surface area contributed by atoms with Gasteiger partial charge in [-0.1, -0.05) is 37.3 Å². The molecule has 7 heteroatoms. The van der Waals surface area contributed by atoms with Crippen LogP contribution in [0.15, 0.2) is 30.3 Å². The fourth-order valence-electron chi connectivity index (χ4n) is 4.29. The number of piperidine rings is 1. The normalized spacial score (nSPS) is 20.4. The summed E-state index contributed by atoms with van der Waals surface area (Å²) >= 11 is 0. The highest BCUT2D eigenvalue weighted by Crippen LogP contribution is 2.24. The van der Waals surface area contributed by atoms with Gasteiger partial charge in [0.05, 0.1) is 12.0 Å². The largest absolute Gasteiger partial charge is 0.381 e. The number of hydrogen-bond donors (Lipinski definition) is 2. The number of nitrogens with two attached hydrogens (primary N) is 1. The molecule has 29 heavy (non-hydrogen) atoms. The van der Waals surface area contributed by atoms with Crippen LogP contribution in [0.4, 0.5) is 0 Å². The molecule has 2 saturated heterocycles. The molecule has 2 amide bonds. The molecule has 0 aromatic heterocycles. The van der Waals surface area contributed by atoms with E-state index in [-0.39, 0.29) is 42.1 Å². The summed E-state index contributed by atoms with van der Waals surface area (Å²) in [4.78, 5) is 27.4. The number of likely N-dealkylation sites (tertiary alicyclic amines) is 1. The molecule has 2 atom stereocenters. The molecular formula is C22H34ClN3O3. The van der Waals surface area contributed by atoms with Crippen LogP contribution in [0.1, 0.15) is 50.5 Å². The SMILES string of the molecule is CCC(C(=O)N1CCC(NC(=O)C(N)C2CCOCC2)CC1)c1ccccc1.Cl. The maximum Gasteiger partial charge on any atom is 0.237 e. The van der Waals surface area contributed by atoms with Gasteiger partial charge >= 0.3 is 0 Å². The minimum atomic E-state index is -0.467. The van der Waals surface area contributed by atoms with Crippen LogP contribution in [-0.4, -0.2) is 55.1 Å². The van der Waals surface area contributed by atoms with Crippen molar-refractivity contribution < 1.29 is 14.3 Å². The van der Waals surface area contributed by atoms with Crippen molar-refractivity contribution in [2.45, 2.75) is 57.0 Å². The Labute approximate surface area is 179 Å². The van der Waals surface area contributed by atoms with Crippen LogP contribution >= 0.6 is 12.4 Å². The maximum absolute atomic E-state index is 13.0. The molecule has 6 nitrogen and oxygen atoms in total. The first-order valence-electron chi connectivity index (χ1n) is 10.6. The summed E-state index contributed by atoms with van der Waals surface area (Å²) in [6.07, 6.45) is 4.05. The Morgan fingerprint density at radius 1 is 1.14 bits per heavy atom. The number of benzene rings is 1. The molecule has 2 unspecified atom stereocenters. The monoisotopic (exact) mass is 423 g/mol. The summed E-state index contributed by atoms with van der Waals surface area (Å²) in [6, 6.07) is 9.61. The second-order valence-corrected chi connectivity index (χ2v) is 7.96. The van der Waals surface area contributed by atoms with Crippen LogP contribution in [0.5, 0.6) is 0 Å². The predicted octanol–water partition coefficient (Wildman–Crippen LogP) is 2.46. The molecule has 0 radical (unpaired) electrons. The Morgan fingerprint density at radius 3 is 2.34 bits per heavy atom. The Bertz CT molecular complexity index is 644. The van der Waals surface area contributed by atoms with Gasteiger partial charge in [0.25, 0.3) is 0 Å². The van der Waals surface area contributed by atoms with Gasteiger partial charge in [-0.25, -0.2) is 0 Å². The van der Waals surface area contributed by atoms with Crippen molar-refractivity contribution in [3.8, 4) is 0 Å². The van der Waals surface area contributed by atoms with Crippen molar-refractivity contribution >= 4 is 24.2 Å². The molecule has 1 aromatic carbocycles. The van der Waals surface area contributed by atoms with Gasteiger partial charge < -0.3 is 20.7 Å². The number of amides is 2. The van der Waals surface area contributed by atoms with Crippen molar-refractivity contribution in [1.29, 1.82) is 0 Å². The van der Waals surface area contributed by atoms with E-state index in [2.05, 4.69) is 12.2 Å². The zero-order valence-corrected chi connectivity index (χ0v) is 18.0. The summed E-state index contributed by atoms with van der Waals surface area (Å²) in [6.45, 7) is 4.79. The molecule has 2 aliphatic heterocycles. The van der Waals surface area contributed by atoms with Gasteiger partial charge in [-0.2, -0.15) is 0 Å². The van der Waals surface area contributed by atoms with Gasteiger partial charge in [0.2, 0.25) is 11.8 Å². The molecule has 2 fully saturated rings. The molecule has 0 saturated carbocycles. The molecule has 2 heterocycles. The first kappa shape index (κ1) is 23.6. The zero-order valence-electron chi connectivity index (χ0n) is 17.2. The molecule has 3 N–H and O–H groups in total. The third kappa shape index (κ3) is 6.17. The van der Waals surface area contributed by atoms with E-state index in [1.54, 1.807) is 0 Å². The molecule has 162 valence electrons. The Balaban J connectivity index is 0.00000300. The minimum absolute atomic E-state index is 0. The first-order valence-corrected chi connectivity index (χ1v) is 10.6. The predicted molar refractivity (Wildman–Crippen MR) is 116 cm³/mol. The average Bonchev–Trinajstić information content (AvgIpc) is 2.75. The number of carbonyl (C=O) groups is 2. The van der Waals surface area contributed by atoms with Crippen LogP contribution in [0.2, 0.25) is 0 Å². The van der Waals surface area contributed by atoms with Gasteiger partial charge in [-0.15, -0.1) is 12.4 Å². The minimum Gasteiger partial charge on any atom is -0.381 e. The van der Waals surface area contributed by atoms with Gasteiger partial charge in [0.1, 0.15) is 0 Å². The van der Waals surface area contributed by atoms with Crippen LogP contribution in [0, 0.1) is 5.92 Å². The molecule has 0 spiro atoms. The maximum atomic E-state index is 13.0. The lowest BCUT2D eigenvalue weighted by atomic mass is 9.91. The molecule has 1 aromatic rings. The van der Waals surface area contributed by atoms with Crippen molar-refractivity contribution in [2.75, 3.05) is 26.3 Å². The van der Waals surface area contributed by atoms with Gasteiger partial charge in [0.15, 0.2) is 0 Å². The first-order chi connectivity index (χ1) is 13.6. The number of halogens is 1. The smallest absolute Gasteiger partial charge is 0.237 e. The zero-order chi connectivity index (χ0) is 19.9. The summed E-state index contributed by atoms with van der Waals surface area (Å²) in [5.74, 6) is 0.241. The second kappa shape index (κ2) is 11.5.